The van der Waals surface area contributed by atoms with E-state index >= 15 is 0 Å². The highest BCUT2D eigenvalue weighted by Gasteiger charge is 2.27. The predicted octanol–water partition coefficient (Wildman–Crippen LogP) is 2.33. The molecule has 1 fully saturated rings. The number of halogens is 1. The molecule has 1 aliphatic rings. The van der Waals surface area contributed by atoms with Gasteiger partial charge in [-0.1, -0.05) is 11.6 Å². The first kappa shape index (κ1) is 19.9. The zero-order valence-corrected chi connectivity index (χ0v) is 15.9. The number of furan rings is 1. The van der Waals surface area contributed by atoms with Gasteiger partial charge in [0.15, 0.2) is 5.76 Å². The minimum Gasteiger partial charge on any atom is -0.459 e. The minimum absolute atomic E-state index is 0.0435. The van der Waals surface area contributed by atoms with E-state index in [2.05, 4.69) is 15.6 Å². The second-order valence-electron chi connectivity index (χ2n) is 6.49. The van der Waals surface area contributed by atoms with Gasteiger partial charge in [0.1, 0.15) is 5.82 Å². The fraction of sp³-hybridized carbons (Fsp3) is 0.368. The third-order valence-electron chi connectivity index (χ3n) is 4.57. The first-order valence-corrected chi connectivity index (χ1v) is 9.42. The van der Waals surface area contributed by atoms with E-state index < -0.39 is 0 Å². The quantitative estimate of drug-likeness (QED) is 0.768. The molecule has 0 aliphatic carbocycles. The van der Waals surface area contributed by atoms with E-state index in [9.17, 15) is 14.4 Å². The maximum Gasteiger partial charge on any atom is 0.286 e. The molecule has 2 aromatic rings. The molecule has 148 valence electrons. The molecule has 8 nitrogen and oxygen atoms in total. The molecule has 3 rings (SSSR count). The average molecular weight is 405 g/mol. The van der Waals surface area contributed by atoms with E-state index in [-0.39, 0.29) is 42.4 Å². The van der Waals surface area contributed by atoms with Crippen molar-refractivity contribution >= 4 is 35.1 Å². The van der Waals surface area contributed by atoms with Gasteiger partial charge in [-0.15, -0.1) is 0 Å². The molecule has 0 aromatic carbocycles. The maximum absolute atomic E-state index is 12.3. The molecule has 0 saturated carbocycles. The molecule has 0 atom stereocenters. The molecule has 9 heteroatoms. The van der Waals surface area contributed by atoms with Gasteiger partial charge >= 0.3 is 0 Å². The molecular formula is C19H21ClN4O4. The summed E-state index contributed by atoms with van der Waals surface area (Å²) in [5.74, 6) is 0.0180. The van der Waals surface area contributed by atoms with Crippen molar-refractivity contribution in [3.05, 3.63) is 47.5 Å². The Kier molecular flexibility index (Phi) is 6.65. The number of hydrogen-bond donors (Lipinski definition) is 2. The lowest BCUT2D eigenvalue weighted by Gasteiger charge is -2.31. The Labute approximate surface area is 167 Å². The summed E-state index contributed by atoms with van der Waals surface area (Å²) < 4.78 is 5.00. The Bertz CT molecular complexity index is 815. The fourth-order valence-electron chi connectivity index (χ4n) is 3.01. The number of carbonyl (C=O) groups excluding carboxylic acids is 3. The summed E-state index contributed by atoms with van der Waals surface area (Å²) in [6, 6.07) is 6.50. The van der Waals surface area contributed by atoms with Crippen LogP contribution in [0.25, 0.3) is 0 Å². The van der Waals surface area contributed by atoms with Crippen LogP contribution in [-0.2, 0) is 9.59 Å². The molecule has 0 bridgehead atoms. The number of aromatic nitrogens is 1. The SMILES string of the molecule is O=C(NCCC(=O)N1CCC(C(=O)Nc2ccc(Cl)cn2)CC1)c1ccco1. The van der Waals surface area contributed by atoms with Crippen LogP contribution in [-0.4, -0.2) is 47.2 Å². The van der Waals surface area contributed by atoms with Crippen LogP contribution in [0.3, 0.4) is 0 Å². The number of pyridine rings is 1. The summed E-state index contributed by atoms with van der Waals surface area (Å²) in [5, 5.41) is 5.93. The summed E-state index contributed by atoms with van der Waals surface area (Å²) in [6.07, 6.45) is 4.28. The van der Waals surface area contributed by atoms with Crippen molar-refractivity contribution in [2.75, 3.05) is 25.0 Å². The van der Waals surface area contributed by atoms with E-state index in [0.717, 1.165) is 0 Å². The summed E-state index contributed by atoms with van der Waals surface area (Å²) in [5.41, 5.74) is 0. The summed E-state index contributed by atoms with van der Waals surface area (Å²) in [4.78, 5) is 42.2. The van der Waals surface area contributed by atoms with E-state index in [1.165, 1.54) is 12.5 Å². The Morgan fingerprint density at radius 1 is 1.21 bits per heavy atom. The number of likely N-dealkylation sites (tertiary alicyclic amines) is 1. The molecule has 2 aromatic heterocycles. The van der Waals surface area contributed by atoms with E-state index in [1.807, 2.05) is 0 Å². The number of nitrogens with one attached hydrogen (secondary N) is 2. The Hall–Kier alpha value is -2.87. The molecule has 3 heterocycles. The van der Waals surface area contributed by atoms with Gasteiger partial charge in [-0.3, -0.25) is 14.4 Å². The highest BCUT2D eigenvalue weighted by Crippen LogP contribution is 2.20. The molecule has 0 unspecified atom stereocenters. The first-order valence-electron chi connectivity index (χ1n) is 9.05. The molecule has 0 radical (unpaired) electrons. The third kappa shape index (κ3) is 5.32. The van der Waals surface area contributed by atoms with Crippen molar-refractivity contribution in [2.24, 2.45) is 5.92 Å². The lowest BCUT2D eigenvalue weighted by atomic mass is 9.95. The first-order chi connectivity index (χ1) is 13.5. The summed E-state index contributed by atoms with van der Waals surface area (Å²) in [7, 11) is 0. The minimum atomic E-state index is -0.344. The molecule has 0 spiro atoms. The standard InChI is InChI=1S/C19H21ClN4O4/c20-14-3-4-16(22-12-14)23-18(26)13-6-9-24(10-7-13)17(25)5-8-21-19(27)15-2-1-11-28-15/h1-4,11-13H,5-10H2,(H,21,27)(H,22,23,26). The number of piperidine rings is 1. The Morgan fingerprint density at radius 3 is 2.64 bits per heavy atom. The topological polar surface area (TPSA) is 105 Å². The van der Waals surface area contributed by atoms with E-state index in [1.54, 1.807) is 29.2 Å². The number of amides is 3. The van der Waals surface area contributed by atoms with Crippen molar-refractivity contribution < 1.29 is 18.8 Å². The highest BCUT2D eigenvalue weighted by atomic mass is 35.5. The number of nitrogens with zero attached hydrogens (tertiary/aromatic N) is 2. The van der Waals surface area contributed by atoms with Gasteiger partial charge in [0.05, 0.1) is 11.3 Å². The van der Waals surface area contributed by atoms with Crippen LogP contribution in [0.4, 0.5) is 5.82 Å². The summed E-state index contributed by atoms with van der Waals surface area (Å²) in [6.45, 7) is 1.26. The monoisotopic (exact) mass is 404 g/mol. The fourth-order valence-corrected chi connectivity index (χ4v) is 3.12. The molecular weight excluding hydrogens is 384 g/mol. The Morgan fingerprint density at radius 2 is 2.00 bits per heavy atom. The van der Waals surface area contributed by atoms with Crippen molar-refractivity contribution in [2.45, 2.75) is 19.3 Å². The lowest BCUT2D eigenvalue weighted by Crippen LogP contribution is -2.42. The predicted molar refractivity (Wildman–Crippen MR) is 103 cm³/mol. The van der Waals surface area contributed by atoms with Crippen LogP contribution >= 0.6 is 11.6 Å². The van der Waals surface area contributed by atoms with Crippen molar-refractivity contribution in [3.8, 4) is 0 Å². The molecule has 1 saturated heterocycles. The van der Waals surface area contributed by atoms with Gasteiger partial charge in [0.2, 0.25) is 11.8 Å². The zero-order valence-electron chi connectivity index (χ0n) is 15.2. The molecule has 3 amide bonds. The van der Waals surface area contributed by atoms with Crippen LogP contribution in [0.15, 0.2) is 41.1 Å². The van der Waals surface area contributed by atoms with Crippen LogP contribution in [0.5, 0.6) is 0 Å². The lowest BCUT2D eigenvalue weighted by molar-refractivity contribution is -0.134. The van der Waals surface area contributed by atoms with Gasteiger partial charge in [-0.2, -0.15) is 0 Å². The van der Waals surface area contributed by atoms with Crippen LogP contribution in [0.2, 0.25) is 5.02 Å². The Balaban J connectivity index is 1.38. The number of hydrogen-bond acceptors (Lipinski definition) is 5. The van der Waals surface area contributed by atoms with Gasteiger partial charge < -0.3 is 20.0 Å². The van der Waals surface area contributed by atoms with E-state index in [0.29, 0.717) is 36.8 Å². The summed E-state index contributed by atoms with van der Waals surface area (Å²) >= 11 is 5.78. The second-order valence-corrected chi connectivity index (χ2v) is 6.93. The maximum atomic E-state index is 12.3. The van der Waals surface area contributed by atoms with Gasteiger partial charge in [-0.25, -0.2) is 4.98 Å². The molecule has 28 heavy (non-hydrogen) atoms. The zero-order chi connectivity index (χ0) is 19.9. The van der Waals surface area contributed by atoms with E-state index in [4.69, 9.17) is 16.0 Å². The van der Waals surface area contributed by atoms with Crippen molar-refractivity contribution in [3.63, 3.8) is 0 Å². The van der Waals surface area contributed by atoms with Crippen LogP contribution in [0, 0.1) is 5.92 Å². The van der Waals surface area contributed by atoms with Crippen LogP contribution in [0.1, 0.15) is 29.8 Å². The molecule has 1 aliphatic heterocycles. The number of carbonyl (C=O) groups is 3. The van der Waals surface area contributed by atoms with Crippen molar-refractivity contribution in [1.29, 1.82) is 0 Å². The largest absolute Gasteiger partial charge is 0.459 e. The number of anilines is 1. The molecule has 2 N–H and O–H groups in total. The van der Waals surface area contributed by atoms with Gasteiger partial charge in [0, 0.05) is 38.2 Å². The normalized spacial score (nSPS) is 14.5. The smallest absolute Gasteiger partial charge is 0.286 e. The second kappa shape index (κ2) is 9.36. The van der Waals surface area contributed by atoms with Gasteiger partial charge in [-0.05, 0) is 37.1 Å². The van der Waals surface area contributed by atoms with Crippen LogP contribution < -0.4 is 10.6 Å². The van der Waals surface area contributed by atoms with Crippen molar-refractivity contribution in [1.82, 2.24) is 15.2 Å². The average Bonchev–Trinajstić information content (AvgIpc) is 3.24. The highest BCUT2D eigenvalue weighted by molar-refractivity contribution is 6.30. The van der Waals surface area contributed by atoms with Gasteiger partial charge in [0.25, 0.3) is 5.91 Å². The number of rotatable bonds is 6. The third-order valence-corrected chi connectivity index (χ3v) is 4.79.